The van der Waals surface area contributed by atoms with E-state index in [1.165, 1.54) is 5.56 Å². The van der Waals surface area contributed by atoms with Crippen molar-refractivity contribution in [2.24, 2.45) is 0 Å². The molecule has 1 aromatic rings. The molecule has 0 aliphatic carbocycles. The summed E-state index contributed by atoms with van der Waals surface area (Å²) < 4.78 is 1.98. The Labute approximate surface area is 97.5 Å². The molecule has 88 valence electrons. The predicted molar refractivity (Wildman–Crippen MR) is 64.0 cm³/mol. The van der Waals surface area contributed by atoms with Gasteiger partial charge < -0.3 is 5.32 Å². The summed E-state index contributed by atoms with van der Waals surface area (Å²) in [5, 5.41) is 2.96. The van der Waals surface area contributed by atoms with Gasteiger partial charge in [0.1, 0.15) is 0 Å². The van der Waals surface area contributed by atoms with Crippen LogP contribution in [0.2, 0.25) is 0 Å². The van der Waals surface area contributed by atoms with Crippen LogP contribution in [-0.2, 0) is 11.3 Å². The molecule has 0 saturated heterocycles. The number of aryl methyl sites for hydroxylation is 1. The Morgan fingerprint density at radius 1 is 1.50 bits per heavy atom. The Kier molecular flexibility index (Phi) is 4.47. The van der Waals surface area contributed by atoms with Crippen molar-refractivity contribution in [3.05, 3.63) is 29.6 Å². The molecule has 0 aliphatic rings. The smallest absolute Gasteiger partial charge is 0.286 e. The van der Waals surface area contributed by atoms with Gasteiger partial charge in [0, 0.05) is 24.6 Å². The number of hydrogen-bond acceptors (Lipinski definition) is 1. The van der Waals surface area contributed by atoms with E-state index in [-0.39, 0.29) is 11.9 Å². The van der Waals surface area contributed by atoms with Gasteiger partial charge in [0.2, 0.25) is 6.54 Å². The molecule has 1 aromatic heterocycles. The summed E-state index contributed by atoms with van der Waals surface area (Å²) in [5.74, 6) is 0.0769. The lowest BCUT2D eigenvalue weighted by Crippen LogP contribution is -2.47. The first kappa shape index (κ1) is 12.7. The zero-order chi connectivity index (χ0) is 12.1. The van der Waals surface area contributed by atoms with Crippen molar-refractivity contribution in [1.82, 2.24) is 5.32 Å². The van der Waals surface area contributed by atoms with Crippen molar-refractivity contribution in [2.75, 3.05) is 0 Å². The molecule has 3 heteroatoms. The number of rotatable bonds is 4. The van der Waals surface area contributed by atoms with Gasteiger partial charge in [-0.05, 0) is 26.3 Å². The fourth-order valence-electron chi connectivity index (χ4n) is 1.50. The maximum Gasteiger partial charge on any atom is 0.286 e. The predicted octanol–water partition coefficient (Wildman–Crippen LogP) is 1.51. The van der Waals surface area contributed by atoms with Gasteiger partial charge >= 0.3 is 0 Å². The molecule has 16 heavy (non-hydrogen) atoms. The number of amides is 1. The second-order valence-electron chi connectivity index (χ2n) is 4.28. The lowest BCUT2D eigenvalue weighted by atomic mass is 10.2. The standard InChI is InChI=1S/C13H20N2O/c1-5-11(3)14-13(16)9-15-8-6-7-10(2)12(15)4/h6-8,11H,5,9H2,1-4H3/p+1/t11-/m1/s1. The Hall–Kier alpha value is -1.38. The average molecular weight is 221 g/mol. The van der Waals surface area contributed by atoms with Gasteiger partial charge in [0.05, 0.1) is 0 Å². The largest absolute Gasteiger partial charge is 0.348 e. The number of hydrogen-bond donors (Lipinski definition) is 1. The second-order valence-corrected chi connectivity index (χ2v) is 4.28. The maximum atomic E-state index is 11.7. The fraction of sp³-hybridized carbons (Fsp3) is 0.538. The Morgan fingerprint density at radius 3 is 2.81 bits per heavy atom. The SMILES string of the molecule is CC[C@@H](C)NC(=O)C[n+]1cccc(C)c1C. The highest BCUT2D eigenvalue weighted by atomic mass is 16.2. The first-order valence-corrected chi connectivity index (χ1v) is 5.79. The summed E-state index contributed by atoms with van der Waals surface area (Å²) in [6.45, 7) is 8.57. The van der Waals surface area contributed by atoms with Gasteiger partial charge in [-0.2, -0.15) is 4.57 Å². The minimum atomic E-state index is 0.0769. The molecule has 1 N–H and O–H groups in total. The van der Waals surface area contributed by atoms with Gasteiger partial charge in [-0.15, -0.1) is 0 Å². The summed E-state index contributed by atoms with van der Waals surface area (Å²) in [6, 6.07) is 4.27. The molecule has 0 spiro atoms. The van der Waals surface area contributed by atoms with Crippen LogP contribution in [0.15, 0.2) is 18.3 Å². The van der Waals surface area contributed by atoms with Crippen molar-refractivity contribution in [1.29, 1.82) is 0 Å². The van der Waals surface area contributed by atoms with E-state index < -0.39 is 0 Å². The van der Waals surface area contributed by atoms with Crippen LogP contribution in [0.3, 0.4) is 0 Å². The van der Waals surface area contributed by atoms with Crippen molar-refractivity contribution < 1.29 is 9.36 Å². The summed E-state index contributed by atoms with van der Waals surface area (Å²) in [7, 11) is 0. The highest BCUT2D eigenvalue weighted by Gasteiger charge is 2.14. The van der Waals surface area contributed by atoms with Crippen LogP contribution in [-0.4, -0.2) is 11.9 Å². The van der Waals surface area contributed by atoms with Crippen LogP contribution in [0.5, 0.6) is 0 Å². The molecule has 3 nitrogen and oxygen atoms in total. The quantitative estimate of drug-likeness (QED) is 0.768. The fourth-order valence-corrected chi connectivity index (χ4v) is 1.50. The lowest BCUT2D eigenvalue weighted by molar-refractivity contribution is -0.690. The van der Waals surface area contributed by atoms with Crippen LogP contribution < -0.4 is 9.88 Å². The van der Waals surface area contributed by atoms with E-state index in [1.807, 2.05) is 30.7 Å². The molecular formula is C13H21N2O+. The third kappa shape index (κ3) is 3.33. The van der Waals surface area contributed by atoms with E-state index in [0.29, 0.717) is 6.54 Å². The highest BCUT2D eigenvalue weighted by Crippen LogP contribution is 1.98. The number of aromatic nitrogens is 1. The number of pyridine rings is 1. The van der Waals surface area contributed by atoms with Crippen molar-refractivity contribution in [3.63, 3.8) is 0 Å². The van der Waals surface area contributed by atoms with E-state index >= 15 is 0 Å². The van der Waals surface area contributed by atoms with E-state index in [9.17, 15) is 4.79 Å². The number of nitrogens with one attached hydrogen (secondary N) is 1. The summed E-state index contributed by atoms with van der Waals surface area (Å²) >= 11 is 0. The van der Waals surface area contributed by atoms with Crippen molar-refractivity contribution in [3.8, 4) is 0 Å². The van der Waals surface area contributed by atoms with E-state index in [4.69, 9.17) is 0 Å². The van der Waals surface area contributed by atoms with Gasteiger partial charge in [0.15, 0.2) is 11.9 Å². The van der Waals surface area contributed by atoms with E-state index in [2.05, 4.69) is 25.2 Å². The Balaban J connectivity index is 2.66. The summed E-state index contributed by atoms with van der Waals surface area (Å²) in [5.41, 5.74) is 2.35. The lowest BCUT2D eigenvalue weighted by Gasteiger charge is -2.10. The van der Waals surface area contributed by atoms with Crippen LogP contribution >= 0.6 is 0 Å². The number of nitrogens with zero attached hydrogens (tertiary/aromatic N) is 1. The topological polar surface area (TPSA) is 33.0 Å². The number of carbonyl (C=O) groups is 1. The van der Waals surface area contributed by atoms with Crippen molar-refractivity contribution >= 4 is 5.91 Å². The monoisotopic (exact) mass is 221 g/mol. The zero-order valence-corrected chi connectivity index (χ0v) is 10.6. The Bertz CT molecular complexity index is 374. The molecule has 1 rings (SSSR count). The van der Waals surface area contributed by atoms with Crippen LogP contribution in [0.1, 0.15) is 31.5 Å². The molecule has 0 saturated carbocycles. The molecule has 1 amide bonds. The summed E-state index contributed by atoms with van der Waals surface area (Å²) in [6.07, 6.45) is 2.90. The molecule has 0 aliphatic heterocycles. The zero-order valence-electron chi connectivity index (χ0n) is 10.6. The third-order valence-electron chi connectivity index (χ3n) is 2.95. The maximum absolute atomic E-state index is 11.7. The summed E-state index contributed by atoms with van der Waals surface area (Å²) in [4.78, 5) is 11.7. The van der Waals surface area contributed by atoms with E-state index in [0.717, 1.165) is 12.1 Å². The first-order valence-electron chi connectivity index (χ1n) is 5.79. The van der Waals surface area contributed by atoms with Gasteiger partial charge in [-0.3, -0.25) is 4.79 Å². The normalized spacial score (nSPS) is 12.2. The molecule has 0 aromatic carbocycles. The second kappa shape index (κ2) is 5.64. The number of carbonyl (C=O) groups excluding carboxylic acids is 1. The minimum Gasteiger partial charge on any atom is -0.348 e. The molecular weight excluding hydrogens is 200 g/mol. The van der Waals surface area contributed by atoms with E-state index in [1.54, 1.807) is 0 Å². The molecule has 0 fully saturated rings. The Morgan fingerprint density at radius 2 is 2.19 bits per heavy atom. The molecule has 0 bridgehead atoms. The highest BCUT2D eigenvalue weighted by molar-refractivity contribution is 5.74. The van der Waals surface area contributed by atoms with Crippen LogP contribution in [0.4, 0.5) is 0 Å². The molecule has 1 heterocycles. The average Bonchev–Trinajstić information content (AvgIpc) is 2.24. The molecule has 1 atom stereocenters. The van der Waals surface area contributed by atoms with Crippen LogP contribution in [0.25, 0.3) is 0 Å². The molecule has 0 radical (unpaired) electrons. The van der Waals surface area contributed by atoms with Gasteiger partial charge in [0.25, 0.3) is 5.91 Å². The van der Waals surface area contributed by atoms with Crippen molar-refractivity contribution in [2.45, 2.75) is 46.7 Å². The first-order chi connectivity index (χ1) is 7.54. The van der Waals surface area contributed by atoms with Crippen LogP contribution in [0, 0.1) is 13.8 Å². The van der Waals surface area contributed by atoms with Gasteiger partial charge in [-0.25, -0.2) is 0 Å². The third-order valence-corrected chi connectivity index (χ3v) is 2.95. The van der Waals surface area contributed by atoms with Gasteiger partial charge in [-0.1, -0.05) is 6.92 Å². The molecule has 0 unspecified atom stereocenters. The minimum absolute atomic E-state index is 0.0769.